The van der Waals surface area contributed by atoms with Crippen LogP contribution in [0.25, 0.3) is 0 Å². The predicted octanol–water partition coefficient (Wildman–Crippen LogP) is 1.44. The fraction of sp³-hybridized carbons (Fsp3) is 0.571. The first kappa shape index (κ1) is 15.3. The molecule has 1 aliphatic rings. The number of benzene rings is 1. The second kappa shape index (κ2) is 6.11. The average molecular weight is 299 g/mol. The van der Waals surface area contributed by atoms with Gasteiger partial charge in [0.25, 0.3) is 0 Å². The maximum Gasteiger partial charge on any atom is 0.240 e. The number of methoxy groups -OCH3 is 1. The maximum atomic E-state index is 12.2. The van der Waals surface area contributed by atoms with Crippen molar-refractivity contribution in [3.63, 3.8) is 0 Å². The SMILES string of the molecule is COc1ccc(S(=O)(=O)NCC[C@H](O)C2CC2)c(C)c1. The number of sulfonamides is 1. The standard InChI is InChI=1S/C14H21NO4S/c1-10-9-12(19-2)5-6-14(10)20(17,18)15-8-7-13(16)11-3-4-11/h5-6,9,11,13,15-16H,3-4,7-8H2,1-2H3/t13-/m0/s1. The van der Waals surface area contributed by atoms with Gasteiger partial charge < -0.3 is 9.84 Å². The number of ether oxygens (including phenoxy) is 1. The average Bonchev–Trinajstić information content (AvgIpc) is 3.22. The first-order valence-corrected chi connectivity index (χ1v) is 8.24. The van der Waals surface area contributed by atoms with Gasteiger partial charge in [-0.15, -0.1) is 0 Å². The molecule has 0 radical (unpaired) electrons. The van der Waals surface area contributed by atoms with Gasteiger partial charge in [-0.2, -0.15) is 0 Å². The van der Waals surface area contributed by atoms with Crippen LogP contribution in [0, 0.1) is 12.8 Å². The third-order valence-corrected chi connectivity index (χ3v) is 5.19. The molecule has 0 amide bonds. The minimum absolute atomic E-state index is 0.249. The van der Waals surface area contributed by atoms with Gasteiger partial charge in [0.15, 0.2) is 0 Å². The van der Waals surface area contributed by atoms with Crippen LogP contribution in [0.2, 0.25) is 0 Å². The Balaban J connectivity index is 1.98. The van der Waals surface area contributed by atoms with Gasteiger partial charge in [0.1, 0.15) is 5.75 Å². The molecule has 112 valence electrons. The minimum atomic E-state index is -3.53. The molecule has 1 aliphatic carbocycles. The number of hydrogen-bond donors (Lipinski definition) is 2. The molecule has 5 nitrogen and oxygen atoms in total. The van der Waals surface area contributed by atoms with Crippen LogP contribution in [0.1, 0.15) is 24.8 Å². The molecule has 1 aromatic carbocycles. The molecule has 0 unspecified atom stereocenters. The summed E-state index contributed by atoms with van der Waals surface area (Å²) in [6.07, 6.45) is 2.16. The van der Waals surface area contributed by atoms with Gasteiger partial charge in [-0.05, 0) is 55.9 Å². The summed E-state index contributed by atoms with van der Waals surface area (Å²) >= 11 is 0. The molecule has 0 aliphatic heterocycles. The molecule has 1 aromatic rings. The largest absolute Gasteiger partial charge is 0.497 e. The molecule has 0 heterocycles. The number of nitrogens with one attached hydrogen (secondary N) is 1. The molecule has 0 bridgehead atoms. The topological polar surface area (TPSA) is 75.6 Å². The lowest BCUT2D eigenvalue weighted by molar-refractivity contribution is 0.143. The Labute approximate surface area is 120 Å². The zero-order valence-electron chi connectivity index (χ0n) is 11.8. The van der Waals surface area contributed by atoms with Gasteiger partial charge in [0, 0.05) is 6.54 Å². The van der Waals surface area contributed by atoms with Crippen molar-refractivity contribution in [2.75, 3.05) is 13.7 Å². The summed E-state index contributed by atoms with van der Waals surface area (Å²) in [6.45, 7) is 1.99. The third-order valence-electron chi connectivity index (χ3n) is 3.57. The van der Waals surface area contributed by atoms with E-state index in [1.165, 1.54) is 6.07 Å². The van der Waals surface area contributed by atoms with E-state index in [0.717, 1.165) is 12.8 Å². The molecule has 20 heavy (non-hydrogen) atoms. The number of aryl methyl sites for hydroxylation is 1. The van der Waals surface area contributed by atoms with Crippen LogP contribution >= 0.6 is 0 Å². The van der Waals surface area contributed by atoms with E-state index in [2.05, 4.69) is 4.72 Å². The highest BCUT2D eigenvalue weighted by atomic mass is 32.2. The number of hydrogen-bond acceptors (Lipinski definition) is 4. The van der Waals surface area contributed by atoms with Crippen LogP contribution in [0.4, 0.5) is 0 Å². The Bertz CT molecular complexity index is 567. The minimum Gasteiger partial charge on any atom is -0.497 e. The number of aliphatic hydroxyl groups is 1. The Morgan fingerprint density at radius 3 is 2.70 bits per heavy atom. The zero-order chi connectivity index (χ0) is 14.8. The van der Waals surface area contributed by atoms with Crippen LogP contribution in [0.15, 0.2) is 23.1 Å². The first-order valence-electron chi connectivity index (χ1n) is 6.76. The molecule has 1 atom stereocenters. The molecule has 1 fully saturated rings. The van der Waals surface area contributed by atoms with Gasteiger partial charge >= 0.3 is 0 Å². The zero-order valence-corrected chi connectivity index (χ0v) is 12.6. The van der Waals surface area contributed by atoms with Crippen molar-refractivity contribution in [3.05, 3.63) is 23.8 Å². The van der Waals surface area contributed by atoms with E-state index in [9.17, 15) is 13.5 Å². The van der Waals surface area contributed by atoms with Crippen LogP contribution < -0.4 is 9.46 Å². The van der Waals surface area contributed by atoms with E-state index in [1.807, 2.05) is 0 Å². The van der Waals surface area contributed by atoms with Gasteiger partial charge in [0.05, 0.1) is 18.1 Å². The summed E-state index contributed by atoms with van der Waals surface area (Å²) in [5.74, 6) is 0.993. The van der Waals surface area contributed by atoms with Crippen molar-refractivity contribution in [1.29, 1.82) is 0 Å². The highest BCUT2D eigenvalue weighted by Crippen LogP contribution is 2.33. The number of aliphatic hydroxyl groups excluding tert-OH is 1. The summed E-state index contributed by atoms with van der Waals surface area (Å²) in [6, 6.07) is 4.85. The smallest absolute Gasteiger partial charge is 0.240 e. The molecule has 0 aromatic heterocycles. The summed E-state index contributed by atoms with van der Waals surface area (Å²) in [7, 11) is -1.99. The summed E-state index contributed by atoms with van der Waals surface area (Å²) in [5.41, 5.74) is 0.639. The van der Waals surface area contributed by atoms with E-state index < -0.39 is 16.1 Å². The fourth-order valence-electron chi connectivity index (χ4n) is 2.19. The lowest BCUT2D eigenvalue weighted by Gasteiger charge is -2.12. The Morgan fingerprint density at radius 1 is 1.45 bits per heavy atom. The molecule has 2 rings (SSSR count). The Morgan fingerprint density at radius 2 is 2.15 bits per heavy atom. The molecule has 6 heteroatoms. The van der Waals surface area contributed by atoms with E-state index in [-0.39, 0.29) is 11.4 Å². The van der Waals surface area contributed by atoms with Gasteiger partial charge in [-0.1, -0.05) is 0 Å². The lowest BCUT2D eigenvalue weighted by atomic mass is 10.2. The summed E-state index contributed by atoms with van der Waals surface area (Å²) < 4.78 is 32.0. The third kappa shape index (κ3) is 3.71. The normalized spacial score (nSPS) is 16.9. The van der Waals surface area contributed by atoms with E-state index >= 15 is 0 Å². The van der Waals surface area contributed by atoms with Crippen LogP contribution in [0.3, 0.4) is 0 Å². The van der Waals surface area contributed by atoms with Crippen molar-refractivity contribution < 1.29 is 18.3 Å². The quantitative estimate of drug-likeness (QED) is 0.799. The van der Waals surface area contributed by atoms with E-state index in [4.69, 9.17) is 4.74 Å². The van der Waals surface area contributed by atoms with E-state index in [0.29, 0.717) is 23.7 Å². The van der Waals surface area contributed by atoms with Crippen molar-refractivity contribution >= 4 is 10.0 Å². The Hall–Kier alpha value is -1.11. The van der Waals surface area contributed by atoms with Crippen molar-refractivity contribution in [2.45, 2.75) is 37.2 Å². The lowest BCUT2D eigenvalue weighted by Crippen LogP contribution is -2.28. The van der Waals surface area contributed by atoms with Gasteiger partial charge in [-0.3, -0.25) is 0 Å². The highest BCUT2D eigenvalue weighted by molar-refractivity contribution is 7.89. The number of rotatable bonds is 7. The van der Waals surface area contributed by atoms with Crippen LogP contribution in [-0.4, -0.2) is 33.3 Å². The maximum absolute atomic E-state index is 12.2. The predicted molar refractivity (Wildman–Crippen MR) is 76.3 cm³/mol. The van der Waals surface area contributed by atoms with E-state index in [1.54, 1.807) is 26.2 Å². The molecule has 2 N–H and O–H groups in total. The van der Waals surface area contributed by atoms with Crippen LogP contribution in [-0.2, 0) is 10.0 Å². The molecular formula is C14H21NO4S. The second-order valence-electron chi connectivity index (χ2n) is 5.22. The first-order chi connectivity index (χ1) is 9.44. The molecule has 0 spiro atoms. The fourth-order valence-corrected chi connectivity index (χ4v) is 3.46. The highest BCUT2D eigenvalue weighted by Gasteiger charge is 2.29. The van der Waals surface area contributed by atoms with Gasteiger partial charge in [-0.25, -0.2) is 13.1 Å². The Kier molecular flexibility index (Phi) is 4.67. The van der Waals surface area contributed by atoms with Gasteiger partial charge in [0.2, 0.25) is 10.0 Å². The molecule has 1 saturated carbocycles. The summed E-state index contributed by atoms with van der Waals surface area (Å²) in [5, 5.41) is 9.73. The van der Waals surface area contributed by atoms with Crippen molar-refractivity contribution in [1.82, 2.24) is 4.72 Å². The molecular weight excluding hydrogens is 278 g/mol. The van der Waals surface area contributed by atoms with Crippen LogP contribution in [0.5, 0.6) is 5.75 Å². The summed E-state index contributed by atoms with van der Waals surface area (Å²) in [4.78, 5) is 0.249. The van der Waals surface area contributed by atoms with Crippen molar-refractivity contribution in [2.24, 2.45) is 5.92 Å². The van der Waals surface area contributed by atoms with Crippen molar-refractivity contribution in [3.8, 4) is 5.75 Å². The molecule has 0 saturated heterocycles. The monoisotopic (exact) mass is 299 g/mol. The second-order valence-corrected chi connectivity index (χ2v) is 6.96.